The second-order valence-electron chi connectivity index (χ2n) is 7.18. The average molecular weight is 452 g/mol. The topological polar surface area (TPSA) is 135 Å². The minimum Gasteiger partial charge on any atom is -0.480 e. The number of urea groups is 1. The van der Waals surface area contributed by atoms with Gasteiger partial charge in [0.1, 0.15) is 11.6 Å². The lowest BCUT2D eigenvalue weighted by Crippen LogP contribution is -2.68. The van der Waals surface area contributed by atoms with Crippen LogP contribution >= 0.6 is 0 Å². The number of nitrogens with one attached hydrogen (secondary N) is 1. The number of imide groups is 1. The van der Waals surface area contributed by atoms with Gasteiger partial charge in [0, 0.05) is 6.20 Å². The zero-order chi connectivity index (χ0) is 23.6. The highest BCUT2D eigenvalue weighted by molar-refractivity contribution is 6.07. The molecule has 170 valence electrons. The van der Waals surface area contributed by atoms with E-state index in [0.717, 1.165) is 12.1 Å². The number of alkyl halides is 3. The zero-order valence-corrected chi connectivity index (χ0v) is 16.7. The number of benzene rings is 1. The number of pyridine rings is 1. The number of aromatic nitrogens is 1. The summed E-state index contributed by atoms with van der Waals surface area (Å²) in [7, 11) is 0. The Balaban J connectivity index is 1.66. The van der Waals surface area contributed by atoms with E-state index in [-0.39, 0.29) is 12.2 Å². The van der Waals surface area contributed by atoms with E-state index in [4.69, 9.17) is 5.73 Å². The quantitative estimate of drug-likeness (QED) is 0.573. The number of nitrogens with two attached hydrogens (primary N) is 1. The lowest BCUT2D eigenvalue weighted by Gasteiger charge is -2.43. The molecule has 0 saturated carbocycles. The van der Waals surface area contributed by atoms with Crippen LogP contribution in [0.5, 0.6) is 5.75 Å². The number of carbonyl (C=O) groups is 3. The highest BCUT2D eigenvalue weighted by atomic mass is 19.4. The van der Waals surface area contributed by atoms with Crippen molar-refractivity contribution in [2.75, 3.05) is 5.73 Å². The number of rotatable bonds is 6. The number of anilines is 1. The highest BCUT2D eigenvalue weighted by Gasteiger charge is 2.54. The van der Waals surface area contributed by atoms with Gasteiger partial charge in [-0.15, -0.1) is 13.2 Å². The molecule has 0 aliphatic carbocycles. The van der Waals surface area contributed by atoms with Crippen molar-refractivity contribution in [1.82, 2.24) is 15.2 Å². The molecule has 9 nitrogen and oxygen atoms in total. The van der Waals surface area contributed by atoms with Crippen LogP contribution in [-0.4, -0.2) is 45.3 Å². The van der Waals surface area contributed by atoms with E-state index in [0.29, 0.717) is 16.0 Å². The normalized spacial score (nSPS) is 19.1. The SMILES string of the molecule is CC(NC(=O)N1C(=O)C(Cc2ccnc(N)c2)C1C(=O)O)c1ccc(OC(F)(F)F)cc1. The Morgan fingerprint density at radius 1 is 1.28 bits per heavy atom. The van der Waals surface area contributed by atoms with Gasteiger partial charge in [0.05, 0.1) is 12.0 Å². The van der Waals surface area contributed by atoms with Gasteiger partial charge in [-0.2, -0.15) is 0 Å². The number of carbonyl (C=O) groups excluding carboxylic acids is 2. The molecule has 4 N–H and O–H groups in total. The summed E-state index contributed by atoms with van der Waals surface area (Å²) in [6.45, 7) is 1.54. The zero-order valence-electron chi connectivity index (χ0n) is 16.7. The first kappa shape index (κ1) is 22.8. The molecule has 1 fully saturated rings. The van der Waals surface area contributed by atoms with E-state index in [1.54, 1.807) is 6.07 Å². The summed E-state index contributed by atoms with van der Waals surface area (Å²) in [6.07, 6.45) is -3.33. The van der Waals surface area contributed by atoms with Crippen molar-refractivity contribution in [2.45, 2.75) is 31.8 Å². The van der Waals surface area contributed by atoms with Crippen LogP contribution in [0.2, 0.25) is 0 Å². The molecule has 2 heterocycles. The Labute approximate surface area is 180 Å². The van der Waals surface area contributed by atoms with Crippen molar-refractivity contribution in [3.05, 3.63) is 53.7 Å². The van der Waals surface area contributed by atoms with Crippen molar-refractivity contribution >= 4 is 23.7 Å². The number of nitrogen functional groups attached to an aromatic ring is 1. The summed E-state index contributed by atoms with van der Waals surface area (Å²) in [5.41, 5.74) is 6.63. The van der Waals surface area contributed by atoms with E-state index in [9.17, 15) is 32.7 Å². The molecule has 1 aliphatic rings. The molecule has 0 spiro atoms. The maximum atomic E-state index is 12.6. The molecule has 12 heteroatoms. The predicted octanol–water partition coefficient (Wildman–Crippen LogP) is 2.49. The Kier molecular flexibility index (Phi) is 6.23. The van der Waals surface area contributed by atoms with E-state index >= 15 is 0 Å². The first-order valence-corrected chi connectivity index (χ1v) is 9.38. The molecule has 0 bridgehead atoms. The van der Waals surface area contributed by atoms with Gasteiger partial charge in [-0.25, -0.2) is 19.5 Å². The minimum atomic E-state index is -4.83. The number of amides is 3. The van der Waals surface area contributed by atoms with Gasteiger partial charge in [-0.3, -0.25) is 4.79 Å². The Hall–Kier alpha value is -3.83. The van der Waals surface area contributed by atoms with Gasteiger partial charge in [-0.05, 0) is 48.7 Å². The Bertz CT molecular complexity index is 1030. The number of hydrogen-bond acceptors (Lipinski definition) is 6. The lowest BCUT2D eigenvalue weighted by molar-refractivity contribution is -0.274. The van der Waals surface area contributed by atoms with Crippen LogP contribution in [0.25, 0.3) is 0 Å². The molecule has 3 rings (SSSR count). The second-order valence-corrected chi connectivity index (χ2v) is 7.18. The van der Waals surface area contributed by atoms with Crippen LogP contribution in [0.15, 0.2) is 42.6 Å². The summed E-state index contributed by atoms with van der Waals surface area (Å²) in [6, 6.07) is 4.90. The third-order valence-electron chi connectivity index (χ3n) is 4.94. The molecule has 3 atom stereocenters. The van der Waals surface area contributed by atoms with Gasteiger partial charge < -0.3 is 20.9 Å². The first-order valence-electron chi connectivity index (χ1n) is 9.38. The van der Waals surface area contributed by atoms with Crippen molar-refractivity contribution in [2.24, 2.45) is 5.92 Å². The monoisotopic (exact) mass is 452 g/mol. The number of aliphatic carboxylic acids is 1. The standard InChI is InChI=1S/C20H19F3N4O5/c1-10(12-2-4-13(5-3-12)32-20(21,22)23)26-19(31)27-16(18(29)30)14(17(27)28)8-11-6-7-25-15(24)9-11/h2-7,9-10,14,16H,8H2,1H3,(H2,24,25)(H,26,31)(H,29,30). The Morgan fingerprint density at radius 3 is 2.50 bits per heavy atom. The fraction of sp³-hybridized carbons (Fsp3) is 0.300. The number of likely N-dealkylation sites (tertiary alicyclic amines) is 1. The van der Waals surface area contributed by atoms with Gasteiger partial charge in [0.25, 0.3) is 0 Å². The van der Waals surface area contributed by atoms with Gasteiger partial charge in [-0.1, -0.05) is 12.1 Å². The van der Waals surface area contributed by atoms with E-state index in [1.165, 1.54) is 31.3 Å². The van der Waals surface area contributed by atoms with Crippen LogP contribution in [0.1, 0.15) is 24.1 Å². The molecule has 1 aliphatic heterocycles. The smallest absolute Gasteiger partial charge is 0.480 e. The predicted molar refractivity (Wildman–Crippen MR) is 104 cm³/mol. The molecule has 3 amide bonds. The minimum absolute atomic E-state index is 0.0719. The molecule has 1 saturated heterocycles. The first-order chi connectivity index (χ1) is 15.0. The number of nitrogens with zero attached hydrogens (tertiary/aromatic N) is 2. The number of halogens is 3. The number of carboxylic acid groups (broad SMARTS) is 1. The van der Waals surface area contributed by atoms with Crippen LogP contribution in [0.3, 0.4) is 0 Å². The fourth-order valence-corrected chi connectivity index (χ4v) is 3.43. The van der Waals surface area contributed by atoms with Crippen LogP contribution in [0, 0.1) is 5.92 Å². The summed E-state index contributed by atoms with van der Waals surface area (Å²) in [5, 5.41) is 12.0. The fourth-order valence-electron chi connectivity index (χ4n) is 3.43. The molecule has 0 radical (unpaired) electrons. The second kappa shape index (κ2) is 8.73. The van der Waals surface area contributed by atoms with Crippen molar-refractivity contribution in [3.8, 4) is 5.75 Å². The van der Waals surface area contributed by atoms with Crippen molar-refractivity contribution in [3.63, 3.8) is 0 Å². The lowest BCUT2D eigenvalue weighted by atomic mass is 9.82. The molecule has 2 aromatic rings. The van der Waals surface area contributed by atoms with Gasteiger partial charge in [0.2, 0.25) is 5.91 Å². The highest BCUT2D eigenvalue weighted by Crippen LogP contribution is 2.31. The molecular weight excluding hydrogens is 433 g/mol. The van der Waals surface area contributed by atoms with Crippen molar-refractivity contribution < 1.29 is 37.4 Å². The summed E-state index contributed by atoms with van der Waals surface area (Å²) in [4.78, 5) is 41.3. The molecule has 3 unspecified atom stereocenters. The molecule has 1 aromatic carbocycles. The maximum absolute atomic E-state index is 12.6. The van der Waals surface area contributed by atoms with Crippen molar-refractivity contribution in [1.29, 1.82) is 0 Å². The van der Waals surface area contributed by atoms with Gasteiger partial charge >= 0.3 is 18.4 Å². The molecule has 32 heavy (non-hydrogen) atoms. The largest absolute Gasteiger partial charge is 0.573 e. The number of carboxylic acids is 1. The van der Waals surface area contributed by atoms with Crippen LogP contribution < -0.4 is 15.8 Å². The Morgan fingerprint density at radius 2 is 1.94 bits per heavy atom. The maximum Gasteiger partial charge on any atom is 0.573 e. The molecule has 1 aromatic heterocycles. The average Bonchev–Trinajstić information content (AvgIpc) is 2.68. The van der Waals surface area contributed by atoms with Crippen LogP contribution in [-0.2, 0) is 16.0 Å². The summed E-state index contributed by atoms with van der Waals surface area (Å²) >= 11 is 0. The summed E-state index contributed by atoms with van der Waals surface area (Å²) < 4.78 is 40.6. The number of ether oxygens (including phenoxy) is 1. The van der Waals surface area contributed by atoms with Crippen LogP contribution in [0.4, 0.5) is 23.8 Å². The third kappa shape index (κ3) is 5.07. The van der Waals surface area contributed by atoms with E-state index in [2.05, 4.69) is 15.0 Å². The number of hydrogen-bond donors (Lipinski definition) is 3. The van der Waals surface area contributed by atoms with Gasteiger partial charge in [0.15, 0.2) is 6.04 Å². The van der Waals surface area contributed by atoms with E-state index < -0.39 is 48.0 Å². The third-order valence-corrected chi connectivity index (χ3v) is 4.94. The number of β-lactam (4-membered cyclic amide) rings is 1. The molecular formula is C20H19F3N4O5. The van der Waals surface area contributed by atoms with E-state index in [1.807, 2.05) is 0 Å². The summed E-state index contributed by atoms with van der Waals surface area (Å²) in [5.74, 6) is -3.16.